The van der Waals surface area contributed by atoms with Gasteiger partial charge < -0.3 is 9.47 Å². The van der Waals surface area contributed by atoms with Gasteiger partial charge in [-0.15, -0.1) is 0 Å². The molecule has 0 radical (unpaired) electrons. The average molecular weight is 290 g/mol. The molecule has 0 saturated carbocycles. The molecule has 8 heteroatoms. The summed E-state index contributed by atoms with van der Waals surface area (Å²) in [7, 11) is 0. The Labute approximate surface area is 120 Å². The standard InChI is InChI=1S/C13H18N6O2/c1-2-18-8-5-14-11(12(18)20)19-6-3-9(4-7-19)10-15-13(21)17-16-10/h5,8-9H,2-4,6-7H2,1H3,(H2,15,16,17,21). The van der Waals surface area contributed by atoms with Crippen LogP contribution in [0.3, 0.4) is 0 Å². The summed E-state index contributed by atoms with van der Waals surface area (Å²) < 4.78 is 1.65. The summed E-state index contributed by atoms with van der Waals surface area (Å²) in [6.45, 7) is 4.04. The maximum Gasteiger partial charge on any atom is 0.340 e. The molecular formula is C13H18N6O2. The van der Waals surface area contributed by atoms with E-state index in [1.54, 1.807) is 17.0 Å². The van der Waals surface area contributed by atoms with Crippen LogP contribution in [0, 0.1) is 0 Å². The van der Waals surface area contributed by atoms with Crippen LogP contribution < -0.4 is 16.1 Å². The molecular weight excluding hydrogens is 272 g/mol. The Morgan fingerprint density at radius 3 is 2.71 bits per heavy atom. The summed E-state index contributed by atoms with van der Waals surface area (Å²) in [4.78, 5) is 32.3. The summed E-state index contributed by atoms with van der Waals surface area (Å²) >= 11 is 0. The van der Waals surface area contributed by atoms with Crippen LogP contribution in [0.4, 0.5) is 5.82 Å². The maximum absolute atomic E-state index is 12.2. The molecule has 2 aromatic heterocycles. The van der Waals surface area contributed by atoms with Gasteiger partial charge in [0.1, 0.15) is 5.82 Å². The molecule has 2 N–H and O–H groups in total. The second-order valence-corrected chi connectivity index (χ2v) is 5.17. The van der Waals surface area contributed by atoms with Crippen molar-refractivity contribution >= 4 is 5.82 Å². The molecule has 1 aliphatic rings. The number of hydrogen-bond donors (Lipinski definition) is 2. The van der Waals surface area contributed by atoms with Crippen LogP contribution in [0.25, 0.3) is 0 Å². The summed E-state index contributed by atoms with van der Waals surface area (Å²) in [5, 5.41) is 6.38. The number of rotatable bonds is 3. The van der Waals surface area contributed by atoms with E-state index >= 15 is 0 Å². The second-order valence-electron chi connectivity index (χ2n) is 5.17. The van der Waals surface area contributed by atoms with Crippen molar-refractivity contribution in [3.05, 3.63) is 39.1 Å². The molecule has 1 fully saturated rings. The van der Waals surface area contributed by atoms with Crippen LogP contribution in [0.1, 0.15) is 31.5 Å². The predicted octanol–water partition coefficient (Wildman–Crippen LogP) is 0.0586. The molecule has 0 bridgehead atoms. The highest BCUT2D eigenvalue weighted by Gasteiger charge is 2.25. The van der Waals surface area contributed by atoms with E-state index in [9.17, 15) is 9.59 Å². The number of hydrogen-bond acceptors (Lipinski definition) is 5. The Morgan fingerprint density at radius 1 is 1.33 bits per heavy atom. The van der Waals surface area contributed by atoms with Gasteiger partial charge in [0.2, 0.25) is 0 Å². The lowest BCUT2D eigenvalue weighted by molar-refractivity contribution is 0.482. The van der Waals surface area contributed by atoms with Gasteiger partial charge in [0.25, 0.3) is 5.56 Å². The number of nitrogens with zero attached hydrogens (tertiary/aromatic N) is 4. The molecule has 8 nitrogen and oxygen atoms in total. The average Bonchev–Trinajstić information content (AvgIpc) is 2.94. The predicted molar refractivity (Wildman–Crippen MR) is 77.6 cm³/mol. The Hall–Kier alpha value is -2.38. The van der Waals surface area contributed by atoms with E-state index in [4.69, 9.17) is 0 Å². The first-order chi connectivity index (χ1) is 10.2. The Balaban J connectivity index is 1.74. The Morgan fingerprint density at radius 2 is 2.10 bits per heavy atom. The first kappa shape index (κ1) is 13.6. The molecule has 0 aromatic carbocycles. The smallest absolute Gasteiger partial charge is 0.340 e. The van der Waals surface area contributed by atoms with Gasteiger partial charge in [0.05, 0.1) is 0 Å². The highest BCUT2D eigenvalue weighted by atomic mass is 16.1. The molecule has 0 atom stereocenters. The highest BCUT2D eigenvalue weighted by Crippen LogP contribution is 2.25. The molecule has 1 aliphatic heterocycles. The van der Waals surface area contributed by atoms with Gasteiger partial charge in [0, 0.05) is 37.9 Å². The fourth-order valence-corrected chi connectivity index (χ4v) is 2.74. The fourth-order valence-electron chi connectivity index (χ4n) is 2.74. The molecule has 0 spiro atoms. The van der Waals surface area contributed by atoms with Crippen molar-refractivity contribution in [2.24, 2.45) is 0 Å². The van der Waals surface area contributed by atoms with Crippen LogP contribution in [-0.2, 0) is 6.54 Å². The van der Waals surface area contributed by atoms with Crippen molar-refractivity contribution in [2.75, 3.05) is 18.0 Å². The normalized spacial score (nSPS) is 16.3. The number of H-pyrrole nitrogens is 2. The largest absolute Gasteiger partial charge is 0.352 e. The van der Waals surface area contributed by atoms with Crippen molar-refractivity contribution < 1.29 is 0 Å². The van der Waals surface area contributed by atoms with Gasteiger partial charge in [0.15, 0.2) is 5.82 Å². The Bertz CT molecular complexity index is 723. The van der Waals surface area contributed by atoms with Crippen LogP contribution in [0.15, 0.2) is 22.0 Å². The van der Waals surface area contributed by atoms with E-state index < -0.39 is 0 Å². The third-order valence-corrected chi connectivity index (χ3v) is 3.94. The third-order valence-electron chi connectivity index (χ3n) is 3.94. The zero-order valence-corrected chi connectivity index (χ0v) is 11.9. The van der Waals surface area contributed by atoms with Crippen molar-refractivity contribution in [2.45, 2.75) is 32.2 Å². The summed E-state index contributed by atoms with van der Waals surface area (Å²) in [5.41, 5.74) is -0.324. The van der Waals surface area contributed by atoms with E-state index in [2.05, 4.69) is 20.2 Å². The minimum Gasteiger partial charge on any atom is -0.352 e. The SMILES string of the molecule is CCn1ccnc(N2CCC(c3n[nH]c(=O)[nH]3)CC2)c1=O. The van der Waals surface area contributed by atoms with Gasteiger partial charge in [-0.2, -0.15) is 5.10 Å². The van der Waals surface area contributed by atoms with Crippen molar-refractivity contribution in [1.29, 1.82) is 0 Å². The highest BCUT2D eigenvalue weighted by molar-refractivity contribution is 5.36. The van der Waals surface area contributed by atoms with Crippen molar-refractivity contribution in [3.63, 3.8) is 0 Å². The first-order valence-corrected chi connectivity index (χ1v) is 7.14. The topological polar surface area (TPSA) is 99.7 Å². The van der Waals surface area contributed by atoms with E-state index in [1.807, 2.05) is 11.8 Å². The zero-order valence-electron chi connectivity index (χ0n) is 11.9. The summed E-state index contributed by atoms with van der Waals surface area (Å²) in [5.74, 6) is 1.43. The third kappa shape index (κ3) is 2.61. The van der Waals surface area contributed by atoms with Crippen LogP contribution in [0.5, 0.6) is 0 Å². The van der Waals surface area contributed by atoms with Crippen LogP contribution in [0.2, 0.25) is 0 Å². The van der Waals surface area contributed by atoms with Crippen molar-refractivity contribution in [1.82, 2.24) is 24.7 Å². The quantitative estimate of drug-likeness (QED) is 0.832. The zero-order chi connectivity index (χ0) is 14.8. The monoisotopic (exact) mass is 290 g/mol. The number of aromatic nitrogens is 5. The number of nitrogens with one attached hydrogen (secondary N) is 2. The lowest BCUT2D eigenvalue weighted by atomic mass is 9.96. The first-order valence-electron chi connectivity index (χ1n) is 7.14. The number of aromatic amines is 2. The number of aryl methyl sites for hydroxylation is 1. The van der Waals surface area contributed by atoms with Crippen molar-refractivity contribution in [3.8, 4) is 0 Å². The fraction of sp³-hybridized carbons (Fsp3) is 0.538. The van der Waals surface area contributed by atoms with E-state index in [-0.39, 0.29) is 17.2 Å². The summed E-state index contributed by atoms with van der Waals surface area (Å²) in [6.07, 6.45) is 5.04. The Kier molecular flexibility index (Phi) is 3.59. The number of piperidine rings is 1. The molecule has 0 aliphatic carbocycles. The van der Waals surface area contributed by atoms with Gasteiger partial charge in [-0.3, -0.25) is 9.78 Å². The van der Waals surface area contributed by atoms with E-state index in [0.717, 1.165) is 25.9 Å². The van der Waals surface area contributed by atoms with Gasteiger partial charge in [-0.25, -0.2) is 14.9 Å². The molecule has 1 saturated heterocycles. The van der Waals surface area contributed by atoms with E-state index in [1.165, 1.54) is 0 Å². The van der Waals surface area contributed by atoms with Gasteiger partial charge in [-0.1, -0.05) is 0 Å². The minimum absolute atomic E-state index is 0.0494. The molecule has 3 heterocycles. The molecule has 0 unspecified atom stereocenters. The van der Waals surface area contributed by atoms with Gasteiger partial charge >= 0.3 is 5.69 Å². The molecule has 21 heavy (non-hydrogen) atoms. The lowest BCUT2D eigenvalue weighted by Gasteiger charge is -2.31. The summed E-state index contributed by atoms with van der Waals surface area (Å²) in [6, 6.07) is 0. The minimum atomic E-state index is -0.275. The molecule has 0 amide bonds. The molecule has 2 aromatic rings. The lowest BCUT2D eigenvalue weighted by Crippen LogP contribution is -2.38. The maximum atomic E-state index is 12.2. The number of anilines is 1. The van der Waals surface area contributed by atoms with E-state index in [0.29, 0.717) is 18.2 Å². The van der Waals surface area contributed by atoms with Crippen LogP contribution >= 0.6 is 0 Å². The molecule has 3 rings (SSSR count). The van der Waals surface area contributed by atoms with Crippen LogP contribution in [-0.4, -0.2) is 37.8 Å². The second kappa shape index (κ2) is 5.55. The van der Waals surface area contributed by atoms with Gasteiger partial charge in [-0.05, 0) is 19.8 Å². The molecule has 112 valence electrons.